The summed E-state index contributed by atoms with van der Waals surface area (Å²) in [6, 6.07) is 0.253. The molecule has 2 saturated heterocycles. The predicted octanol–water partition coefficient (Wildman–Crippen LogP) is 1.73. The highest BCUT2D eigenvalue weighted by molar-refractivity contribution is 6.32. The third kappa shape index (κ3) is 3.37. The maximum Gasteiger partial charge on any atom is 0.509 e. The lowest BCUT2D eigenvalue weighted by Crippen LogP contribution is -2.59. The van der Waals surface area contributed by atoms with E-state index < -0.39 is 36.2 Å². The molecule has 1 aromatic rings. The van der Waals surface area contributed by atoms with Crippen LogP contribution in [0.1, 0.15) is 6.92 Å². The number of ether oxygens (including phenoxy) is 3. The Balaban J connectivity index is 1.93. The Morgan fingerprint density at radius 2 is 2.15 bits per heavy atom. The number of anilines is 1. The highest BCUT2D eigenvalue weighted by Gasteiger charge is 2.53. The van der Waals surface area contributed by atoms with Gasteiger partial charge in [-0.25, -0.2) is 18.9 Å². The number of amides is 3. The lowest BCUT2D eigenvalue weighted by atomic mass is 10.1. The number of urea groups is 1. The van der Waals surface area contributed by atoms with E-state index in [0.29, 0.717) is 4.90 Å². The summed E-state index contributed by atoms with van der Waals surface area (Å²) >= 11 is 5.87. The van der Waals surface area contributed by atoms with E-state index in [1.807, 2.05) is 0 Å². The summed E-state index contributed by atoms with van der Waals surface area (Å²) in [4.78, 5) is 39.1. The lowest BCUT2D eigenvalue weighted by Gasteiger charge is -2.33. The topological polar surface area (TPSA) is 97.4 Å². The largest absolute Gasteiger partial charge is 0.509 e. The zero-order valence-corrected chi connectivity index (χ0v) is 15.3. The zero-order valence-electron chi connectivity index (χ0n) is 14.5. The van der Waals surface area contributed by atoms with Gasteiger partial charge in [-0.3, -0.25) is 10.1 Å². The van der Waals surface area contributed by atoms with Crippen LogP contribution in [0.4, 0.5) is 19.7 Å². The number of piperazine rings is 1. The fourth-order valence-electron chi connectivity index (χ4n) is 3.00. The average molecular weight is 402 g/mol. The van der Waals surface area contributed by atoms with Crippen molar-refractivity contribution < 1.29 is 33.0 Å². The molecule has 0 aromatic heterocycles. The van der Waals surface area contributed by atoms with Crippen LogP contribution in [0.5, 0.6) is 5.75 Å². The third-order valence-electron chi connectivity index (χ3n) is 4.18. The van der Waals surface area contributed by atoms with E-state index in [-0.39, 0.29) is 36.2 Å². The van der Waals surface area contributed by atoms with Gasteiger partial charge < -0.3 is 19.1 Å². The highest BCUT2D eigenvalue weighted by atomic mass is 35.5. The Kier molecular flexibility index (Phi) is 5.38. The SMILES string of the molecule is CCOC(=O)OC1NCCN2C(=O)N(c3cc(OC)c(Cl)cc3F)C(=O)C12. The van der Waals surface area contributed by atoms with Gasteiger partial charge in [0.05, 0.1) is 24.4 Å². The predicted molar refractivity (Wildman–Crippen MR) is 91.2 cm³/mol. The summed E-state index contributed by atoms with van der Waals surface area (Å²) in [7, 11) is 1.33. The number of hydrogen-bond acceptors (Lipinski definition) is 7. The average Bonchev–Trinajstić information content (AvgIpc) is 2.88. The normalized spacial score (nSPS) is 21.9. The lowest BCUT2D eigenvalue weighted by molar-refractivity contribution is -0.125. The first-order valence-electron chi connectivity index (χ1n) is 8.13. The maximum absolute atomic E-state index is 14.4. The molecule has 0 bridgehead atoms. The third-order valence-corrected chi connectivity index (χ3v) is 4.47. The van der Waals surface area contributed by atoms with Gasteiger partial charge in [0.1, 0.15) is 11.6 Å². The van der Waals surface area contributed by atoms with Crippen LogP contribution >= 0.6 is 11.6 Å². The maximum atomic E-state index is 14.4. The number of fused-ring (bicyclic) bond motifs is 1. The Morgan fingerprint density at radius 3 is 2.81 bits per heavy atom. The van der Waals surface area contributed by atoms with E-state index in [1.54, 1.807) is 6.92 Å². The number of halogens is 2. The number of rotatable bonds is 4. The number of methoxy groups -OCH3 is 1. The van der Waals surface area contributed by atoms with Crippen molar-refractivity contribution in [2.24, 2.45) is 0 Å². The molecule has 2 fully saturated rings. The highest BCUT2D eigenvalue weighted by Crippen LogP contribution is 2.36. The summed E-state index contributed by atoms with van der Waals surface area (Å²) in [5.41, 5.74) is -0.296. The fraction of sp³-hybridized carbons (Fsp3) is 0.438. The second-order valence-electron chi connectivity index (χ2n) is 5.71. The summed E-state index contributed by atoms with van der Waals surface area (Å²) in [5.74, 6) is -1.50. The van der Waals surface area contributed by atoms with Gasteiger partial charge in [0.2, 0.25) is 0 Å². The van der Waals surface area contributed by atoms with Crippen LogP contribution in [0.3, 0.4) is 0 Å². The molecule has 2 aliphatic heterocycles. The molecule has 3 rings (SSSR count). The summed E-state index contributed by atoms with van der Waals surface area (Å²) < 4.78 is 29.3. The molecule has 2 heterocycles. The molecule has 146 valence electrons. The van der Waals surface area contributed by atoms with E-state index in [1.165, 1.54) is 18.1 Å². The van der Waals surface area contributed by atoms with E-state index in [4.69, 9.17) is 25.8 Å². The van der Waals surface area contributed by atoms with Gasteiger partial charge in [0.25, 0.3) is 5.91 Å². The second kappa shape index (κ2) is 7.57. The van der Waals surface area contributed by atoms with Gasteiger partial charge >= 0.3 is 12.2 Å². The van der Waals surface area contributed by atoms with Crippen LogP contribution in [-0.2, 0) is 14.3 Å². The fourth-order valence-corrected chi connectivity index (χ4v) is 3.23. The minimum Gasteiger partial charge on any atom is -0.495 e. The van der Waals surface area contributed by atoms with E-state index in [2.05, 4.69) is 5.32 Å². The molecule has 27 heavy (non-hydrogen) atoms. The molecule has 3 amide bonds. The van der Waals surface area contributed by atoms with Crippen LogP contribution in [0.2, 0.25) is 5.02 Å². The minimum absolute atomic E-state index is 0.000699. The first-order valence-corrected chi connectivity index (χ1v) is 8.51. The van der Waals surface area contributed by atoms with Crippen molar-refractivity contribution in [3.05, 3.63) is 23.0 Å². The van der Waals surface area contributed by atoms with Crippen molar-refractivity contribution >= 4 is 35.4 Å². The number of carbonyl (C=O) groups is 3. The molecule has 2 unspecified atom stereocenters. The molecule has 0 spiro atoms. The molecule has 1 N–H and O–H groups in total. The first kappa shape index (κ1) is 19.2. The van der Waals surface area contributed by atoms with Gasteiger partial charge in [-0.05, 0) is 13.0 Å². The molecular formula is C16H17ClFN3O6. The van der Waals surface area contributed by atoms with Crippen LogP contribution in [-0.4, -0.2) is 62.1 Å². The standard InChI is InChI=1S/C16H17ClFN3O6/c1-3-26-16(24)27-13-12-14(22)21(15(23)20(12)5-4-19-13)10-7-11(25-2)8(17)6-9(10)18/h6-7,12-13,19H,3-5H2,1-2H3. The van der Waals surface area contributed by atoms with Crippen LogP contribution < -0.4 is 15.0 Å². The van der Waals surface area contributed by atoms with E-state index in [0.717, 1.165) is 6.07 Å². The molecule has 0 saturated carbocycles. The van der Waals surface area contributed by atoms with Crippen LogP contribution in [0.25, 0.3) is 0 Å². The van der Waals surface area contributed by atoms with E-state index in [9.17, 15) is 18.8 Å². The first-order chi connectivity index (χ1) is 12.9. The molecule has 2 aliphatic rings. The molecule has 1 aromatic carbocycles. The summed E-state index contributed by atoms with van der Waals surface area (Å²) in [5, 5.41) is 2.85. The van der Waals surface area contributed by atoms with Gasteiger partial charge in [-0.1, -0.05) is 11.6 Å². The molecule has 2 atom stereocenters. The summed E-state index contributed by atoms with van der Waals surface area (Å²) in [6.07, 6.45) is -2.09. The molecular weight excluding hydrogens is 385 g/mol. The quantitative estimate of drug-likeness (QED) is 0.606. The van der Waals surface area contributed by atoms with E-state index >= 15 is 0 Å². The molecule has 0 radical (unpaired) electrons. The monoisotopic (exact) mass is 401 g/mol. The zero-order chi connectivity index (χ0) is 19.7. The van der Waals surface area contributed by atoms with Crippen LogP contribution in [0, 0.1) is 5.82 Å². The van der Waals surface area contributed by atoms with Gasteiger partial charge in [-0.2, -0.15) is 0 Å². The number of nitrogens with one attached hydrogen (secondary N) is 1. The second-order valence-corrected chi connectivity index (χ2v) is 6.12. The Hall–Kier alpha value is -2.59. The number of benzene rings is 1. The smallest absolute Gasteiger partial charge is 0.495 e. The molecule has 0 aliphatic carbocycles. The van der Waals surface area contributed by atoms with Crippen molar-refractivity contribution in [3.63, 3.8) is 0 Å². The van der Waals surface area contributed by atoms with Crippen molar-refractivity contribution in [3.8, 4) is 5.75 Å². The Labute approximate surface area is 158 Å². The molecule has 9 nitrogen and oxygen atoms in total. The number of hydrogen-bond donors (Lipinski definition) is 1. The summed E-state index contributed by atoms with van der Waals surface area (Å²) in [6.45, 7) is 2.15. The Bertz CT molecular complexity index is 792. The van der Waals surface area contributed by atoms with Crippen molar-refractivity contribution in [2.75, 3.05) is 31.7 Å². The van der Waals surface area contributed by atoms with Gasteiger partial charge in [-0.15, -0.1) is 0 Å². The van der Waals surface area contributed by atoms with Crippen molar-refractivity contribution in [1.29, 1.82) is 0 Å². The molecule has 11 heteroatoms. The van der Waals surface area contributed by atoms with Crippen molar-refractivity contribution in [1.82, 2.24) is 10.2 Å². The van der Waals surface area contributed by atoms with Gasteiger partial charge in [0.15, 0.2) is 12.3 Å². The minimum atomic E-state index is -1.14. The Morgan fingerprint density at radius 1 is 1.41 bits per heavy atom. The van der Waals surface area contributed by atoms with Crippen LogP contribution in [0.15, 0.2) is 12.1 Å². The van der Waals surface area contributed by atoms with Crippen molar-refractivity contribution in [2.45, 2.75) is 19.2 Å². The number of nitrogens with zero attached hydrogens (tertiary/aromatic N) is 2. The number of imide groups is 1. The van der Waals surface area contributed by atoms with Gasteiger partial charge in [0, 0.05) is 19.2 Å². The number of carbonyl (C=O) groups excluding carboxylic acids is 3.